The van der Waals surface area contributed by atoms with Gasteiger partial charge in [0, 0.05) is 15.9 Å². The summed E-state index contributed by atoms with van der Waals surface area (Å²) in [5, 5.41) is 2.88. The van der Waals surface area contributed by atoms with E-state index >= 15 is 0 Å². The predicted molar refractivity (Wildman–Crippen MR) is 71.1 cm³/mol. The third-order valence-electron chi connectivity index (χ3n) is 2.70. The van der Waals surface area contributed by atoms with Crippen molar-refractivity contribution in [2.45, 2.75) is 19.4 Å². The first kappa shape index (κ1) is 11.6. The minimum atomic E-state index is 0.0335. The average molecular weight is 252 g/mol. The molecule has 0 aliphatic carbocycles. The molecule has 2 rings (SSSR count). The molecule has 2 N–H and O–H groups in total. The third-order valence-corrected chi connectivity index (χ3v) is 3.93. The number of aryl methyl sites for hydroxylation is 1. The normalized spacial score (nSPS) is 12.7. The molecule has 0 amide bonds. The minimum absolute atomic E-state index is 0.0335. The van der Waals surface area contributed by atoms with E-state index in [2.05, 4.69) is 18.4 Å². The van der Waals surface area contributed by atoms with E-state index in [0.29, 0.717) is 0 Å². The van der Waals surface area contributed by atoms with Crippen LogP contribution < -0.4 is 5.73 Å². The Labute approximate surface area is 105 Å². The lowest BCUT2D eigenvalue weighted by atomic mass is 10.0. The first-order chi connectivity index (χ1) is 7.68. The minimum Gasteiger partial charge on any atom is -0.324 e. The van der Waals surface area contributed by atoms with E-state index in [4.69, 9.17) is 17.3 Å². The predicted octanol–water partition coefficient (Wildman–Crippen LogP) is 3.95. The van der Waals surface area contributed by atoms with E-state index < -0.39 is 0 Å². The molecule has 0 radical (unpaired) electrons. The Kier molecular flexibility index (Phi) is 3.64. The molecule has 84 valence electrons. The molecule has 1 atom stereocenters. The van der Waals surface area contributed by atoms with Crippen LogP contribution in [0.1, 0.15) is 22.0 Å². The Balaban J connectivity index is 2.17. The fourth-order valence-electron chi connectivity index (χ4n) is 1.79. The number of halogens is 1. The molecule has 16 heavy (non-hydrogen) atoms. The summed E-state index contributed by atoms with van der Waals surface area (Å²) in [4.78, 5) is 1.29. The van der Waals surface area contributed by atoms with Crippen molar-refractivity contribution in [3.8, 4) is 0 Å². The SMILES string of the molecule is Cc1sccc1C(N)Cc1ccccc1Cl. The number of rotatable bonds is 3. The Morgan fingerprint density at radius 3 is 2.69 bits per heavy atom. The van der Waals surface area contributed by atoms with E-state index in [1.165, 1.54) is 10.4 Å². The lowest BCUT2D eigenvalue weighted by Gasteiger charge is -2.12. The highest BCUT2D eigenvalue weighted by molar-refractivity contribution is 7.10. The summed E-state index contributed by atoms with van der Waals surface area (Å²) in [6.45, 7) is 2.10. The second-order valence-corrected chi connectivity index (χ2v) is 5.36. The Morgan fingerprint density at radius 2 is 2.06 bits per heavy atom. The van der Waals surface area contributed by atoms with Gasteiger partial charge >= 0.3 is 0 Å². The molecule has 0 fully saturated rings. The maximum Gasteiger partial charge on any atom is 0.0438 e. The first-order valence-corrected chi connectivity index (χ1v) is 6.47. The van der Waals surface area contributed by atoms with Crippen LogP contribution in [0, 0.1) is 6.92 Å². The van der Waals surface area contributed by atoms with Crippen LogP contribution in [0.15, 0.2) is 35.7 Å². The molecule has 1 aromatic heterocycles. The van der Waals surface area contributed by atoms with Crippen molar-refractivity contribution in [3.63, 3.8) is 0 Å². The van der Waals surface area contributed by atoms with Crippen LogP contribution in [0.25, 0.3) is 0 Å². The number of thiophene rings is 1. The van der Waals surface area contributed by atoms with Crippen molar-refractivity contribution in [3.05, 3.63) is 56.7 Å². The van der Waals surface area contributed by atoms with Crippen LogP contribution in [0.4, 0.5) is 0 Å². The van der Waals surface area contributed by atoms with Gasteiger partial charge in [-0.1, -0.05) is 29.8 Å². The van der Waals surface area contributed by atoms with E-state index in [0.717, 1.165) is 17.0 Å². The van der Waals surface area contributed by atoms with Crippen molar-refractivity contribution >= 4 is 22.9 Å². The molecular weight excluding hydrogens is 238 g/mol. The number of nitrogens with two attached hydrogens (primary N) is 1. The molecule has 3 heteroatoms. The highest BCUT2D eigenvalue weighted by atomic mass is 35.5. The van der Waals surface area contributed by atoms with Crippen LogP contribution >= 0.6 is 22.9 Å². The van der Waals surface area contributed by atoms with Gasteiger partial charge in [0.05, 0.1) is 0 Å². The molecule has 1 unspecified atom stereocenters. The summed E-state index contributed by atoms with van der Waals surface area (Å²) in [6, 6.07) is 10.0. The average Bonchev–Trinajstić information content (AvgIpc) is 2.68. The molecule has 1 nitrogen and oxygen atoms in total. The summed E-state index contributed by atoms with van der Waals surface area (Å²) in [6.07, 6.45) is 0.789. The van der Waals surface area contributed by atoms with E-state index in [1.807, 2.05) is 24.3 Å². The van der Waals surface area contributed by atoms with Gasteiger partial charge in [-0.3, -0.25) is 0 Å². The van der Waals surface area contributed by atoms with E-state index in [9.17, 15) is 0 Å². The quantitative estimate of drug-likeness (QED) is 0.878. The Bertz CT molecular complexity index is 478. The fraction of sp³-hybridized carbons (Fsp3) is 0.231. The summed E-state index contributed by atoms with van der Waals surface area (Å²) in [5.41, 5.74) is 8.53. The first-order valence-electron chi connectivity index (χ1n) is 5.21. The highest BCUT2D eigenvalue weighted by Gasteiger charge is 2.12. The molecule has 2 aromatic rings. The van der Waals surface area contributed by atoms with Crippen LogP contribution in [-0.4, -0.2) is 0 Å². The molecule has 0 aliphatic heterocycles. The van der Waals surface area contributed by atoms with Gasteiger partial charge in [-0.2, -0.15) is 0 Å². The van der Waals surface area contributed by atoms with Gasteiger partial charge in [-0.15, -0.1) is 11.3 Å². The van der Waals surface area contributed by atoms with Crippen molar-refractivity contribution in [2.75, 3.05) is 0 Å². The van der Waals surface area contributed by atoms with Crippen LogP contribution in [0.2, 0.25) is 5.02 Å². The molecule has 0 saturated heterocycles. The van der Waals surface area contributed by atoms with Gasteiger partial charge in [0.1, 0.15) is 0 Å². The van der Waals surface area contributed by atoms with Crippen molar-refractivity contribution < 1.29 is 0 Å². The number of hydrogen-bond acceptors (Lipinski definition) is 2. The molecule has 0 saturated carbocycles. The molecule has 0 bridgehead atoms. The maximum absolute atomic E-state index is 6.19. The zero-order valence-electron chi connectivity index (χ0n) is 9.11. The van der Waals surface area contributed by atoms with E-state index in [1.54, 1.807) is 11.3 Å². The van der Waals surface area contributed by atoms with Crippen LogP contribution in [0.5, 0.6) is 0 Å². The third kappa shape index (κ3) is 2.46. The largest absolute Gasteiger partial charge is 0.324 e. The van der Waals surface area contributed by atoms with Gasteiger partial charge in [0.15, 0.2) is 0 Å². The van der Waals surface area contributed by atoms with Crippen LogP contribution in [-0.2, 0) is 6.42 Å². The molecule has 1 heterocycles. The van der Waals surface area contributed by atoms with Gasteiger partial charge in [0.25, 0.3) is 0 Å². The molecule has 1 aromatic carbocycles. The van der Waals surface area contributed by atoms with Gasteiger partial charge in [0.2, 0.25) is 0 Å². The second kappa shape index (κ2) is 5.00. The second-order valence-electron chi connectivity index (χ2n) is 3.83. The summed E-state index contributed by atoms with van der Waals surface area (Å²) in [7, 11) is 0. The number of hydrogen-bond donors (Lipinski definition) is 1. The zero-order valence-corrected chi connectivity index (χ0v) is 10.7. The monoisotopic (exact) mass is 251 g/mol. The summed E-state index contributed by atoms with van der Waals surface area (Å²) < 4.78 is 0. The number of benzene rings is 1. The Hall–Kier alpha value is -0.830. The standard InChI is InChI=1S/C13H14ClNS/c1-9-11(6-7-16-9)13(15)8-10-4-2-3-5-12(10)14/h2-7,13H,8,15H2,1H3. The van der Waals surface area contributed by atoms with Gasteiger partial charge in [-0.25, -0.2) is 0 Å². The highest BCUT2D eigenvalue weighted by Crippen LogP contribution is 2.26. The lowest BCUT2D eigenvalue weighted by Crippen LogP contribution is -2.13. The topological polar surface area (TPSA) is 26.0 Å². The van der Waals surface area contributed by atoms with Crippen molar-refractivity contribution in [2.24, 2.45) is 5.73 Å². The lowest BCUT2D eigenvalue weighted by molar-refractivity contribution is 0.721. The fourth-order valence-corrected chi connectivity index (χ4v) is 2.78. The molecule has 0 aliphatic rings. The molecule has 0 spiro atoms. The smallest absolute Gasteiger partial charge is 0.0438 e. The maximum atomic E-state index is 6.19. The van der Waals surface area contributed by atoms with Crippen molar-refractivity contribution in [1.29, 1.82) is 0 Å². The molecular formula is C13H14ClNS. The zero-order chi connectivity index (χ0) is 11.5. The van der Waals surface area contributed by atoms with Crippen LogP contribution in [0.3, 0.4) is 0 Å². The summed E-state index contributed by atoms with van der Waals surface area (Å²) >= 11 is 7.85. The van der Waals surface area contributed by atoms with Gasteiger partial charge in [-0.05, 0) is 42.0 Å². The van der Waals surface area contributed by atoms with E-state index in [-0.39, 0.29) is 6.04 Å². The van der Waals surface area contributed by atoms with Crippen molar-refractivity contribution in [1.82, 2.24) is 0 Å². The Morgan fingerprint density at radius 1 is 1.31 bits per heavy atom. The summed E-state index contributed by atoms with van der Waals surface area (Å²) in [5.74, 6) is 0. The van der Waals surface area contributed by atoms with Gasteiger partial charge < -0.3 is 5.73 Å².